The minimum atomic E-state index is 0.781. The Bertz CT molecular complexity index is 709. The Balaban J connectivity index is 1.91. The quantitative estimate of drug-likeness (QED) is 0.784. The van der Waals surface area contributed by atoms with Crippen molar-refractivity contribution < 1.29 is 4.79 Å². The summed E-state index contributed by atoms with van der Waals surface area (Å²) in [7, 11) is 6.24. The number of hydrogen-bond acceptors (Lipinski definition) is 4. The van der Waals surface area contributed by atoms with Gasteiger partial charge in [0.05, 0.1) is 11.4 Å². The molecular weight excluding hydrogens is 312 g/mol. The number of nitrogens with zero attached hydrogens (tertiary/aromatic N) is 4. The van der Waals surface area contributed by atoms with Crippen LogP contribution in [0.4, 0.5) is 22.7 Å². The molecule has 0 saturated carbocycles. The lowest BCUT2D eigenvalue weighted by Crippen LogP contribution is -2.45. The zero-order chi connectivity index (χ0) is 17.8. The first kappa shape index (κ1) is 17.1. The average molecular weight is 338 g/mol. The normalized spacial score (nSPS) is 14.4. The molecule has 1 fully saturated rings. The largest absolute Gasteiger partial charge is 0.376 e. The molecule has 2 aromatic carbocycles. The van der Waals surface area contributed by atoms with Gasteiger partial charge in [0.2, 0.25) is 6.41 Å². The van der Waals surface area contributed by atoms with Gasteiger partial charge in [-0.25, -0.2) is 0 Å². The van der Waals surface area contributed by atoms with Crippen LogP contribution < -0.4 is 14.7 Å². The maximum absolute atomic E-state index is 10.9. The molecule has 5 nitrogen and oxygen atoms in total. The maximum atomic E-state index is 10.9. The van der Waals surface area contributed by atoms with Gasteiger partial charge in [0.25, 0.3) is 0 Å². The number of benzene rings is 2. The molecule has 132 valence electrons. The van der Waals surface area contributed by atoms with Crippen molar-refractivity contribution in [1.29, 1.82) is 0 Å². The summed E-state index contributed by atoms with van der Waals surface area (Å²) >= 11 is 0. The van der Waals surface area contributed by atoms with Gasteiger partial charge in [0.1, 0.15) is 0 Å². The lowest BCUT2D eigenvalue weighted by atomic mass is 10.1. The summed E-state index contributed by atoms with van der Waals surface area (Å²) < 4.78 is 0. The zero-order valence-corrected chi connectivity index (χ0v) is 15.2. The summed E-state index contributed by atoms with van der Waals surface area (Å²) in [6.07, 6.45) is 0.946. The van der Waals surface area contributed by atoms with Crippen molar-refractivity contribution in [1.82, 2.24) is 4.90 Å². The van der Waals surface area contributed by atoms with Gasteiger partial charge in [0, 0.05) is 58.7 Å². The fraction of sp³-hybridized carbons (Fsp3) is 0.350. The lowest BCUT2D eigenvalue weighted by Gasteiger charge is -2.35. The Kier molecular flexibility index (Phi) is 5.12. The van der Waals surface area contributed by atoms with Gasteiger partial charge in [-0.15, -0.1) is 0 Å². The number of piperazine rings is 1. The first-order valence-corrected chi connectivity index (χ1v) is 8.64. The highest BCUT2D eigenvalue weighted by molar-refractivity contribution is 5.80. The van der Waals surface area contributed by atoms with E-state index in [1.807, 2.05) is 11.0 Å². The Labute approximate surface area is 150 Å². The monoisotopic (exact) mass is 338 g/mol. The summed E-state index contributed by atoms with van der Waals surface area (Å²) in [5.74, 6) is 0. The molecule has 1 aliphatic rings. The van der Waals surface area contributed by atoms with Crippen LogP contribution in [0.3, 0.4) is 0 Å². The fourth-order valence-electron chi connectivity index (χ4n) is 3.23. The van der Waals surface area contributed by atoms with Crippen molar-refractivity contribution in [3.05, 3.63) is 48.5 Å². The summed E-state index contributed by atoms with van der Waals surface area (Å²) in [6.45, 7) is 3.30. The second kappa shape index (κ2) is 7.47. The molecule has 1 amide bonds. The Hall–Kier alpha value is -2.69. The van der Waals surface area contributed by atoms with Crippen LogP contribution in [0.15, 0.2) is 48.5 Å². The number of para-hydroxylation sites is 1. The van der Waals surface area contributed by atoms with Crippen LogP contribution in [0.5, 0.6) is 0 Å². The minimum Gasteiger partial charge on any atom is -0.376 e. The number of rotatable bonds is 5. The van der Waals surface area contributed by atoms with E-state index in [1.165, 1.54) is 17.1 Å². The van der Waals surface area contributed by atoms with E-state index >= 15 is 0 Å². The number of anilines is 4. The summed E-state index contributed by atoms with van der Waals surface area (Å²) in [4.78, 5) is 19.5. The van der Waals surface area contributed by atoms with Gasteiger partial charge in [-0.05, 0) is 30.3 Å². The molecule has 1 saturated heterocycles. The molecule has 1 aliphatic heterocycles. The van der Waals surface area contributed by atoms with Crippen LogP contribution in [0.1, 0.15) is 0 Å². The second-order valence-corrected chi connectivity index (χ2v) is 6.59. The summed E-state index contributed by atoms with van der Waals surface area (Å²) in [6, 6.07) is 17.0. The first-order valence-electron chi connectivity index (χ1n) is 8.64. The number of hydrogen-bond donors (Lipinski definition) is 0. The third-order valence-corrected chi connectivity index (χ3v) is 4.77. The van der Waals surface area contributed by atoms with E-state index in [0.717, 1.165) is 38.3 Å². The third-order valence-electron chi connectivity index (χ3n) is 4.77. The van der Waals surface area contributed by atoms with E-state index < -0.39 is 0 Å². The van der Waals surface area contributed by atoms with E-state index in [9.17, 15) is 4.79 Å². The molecule has 2 aromatic rings. The van der Waals surface area contributed by atoms with E-state index in [0.29, 0.717) is 0 Å². The SMILES string of the molecule is CN(C)c1ccc(N2CCN(C=O)CC2)cc1N(C)c1ccccc1. The average Bonchev–Trinajstić information content (AvgIpc) is 2.67. The van der Waals surface area contributed by atoms with Gasteiger partial charge in [0.15, 0.2) is 0 Å². The van der Waals surface area contributed by atoms with Crippen LogP contribution in [-0.2, 0) is 4.79 Å². The predicted molar refractivity (Wildman–Crippen MR) is 105 cm³/mol. The molecule has 5 heteroatoms. The number of amides is 1. The molecular formula is C20H26N4O. The van der Waals surface area contributed by atoms with Crippen molar-refractivity contribution in [2.45, 2.75) is 0 Å². The van der Waals surface area contributed by atoms with Gasteiger partial charge in [-0.2, -0.15) is 0 Å². The predicted octanol–water partition coefficient (Wildman–Crippen LogP) is 2.80. The van der Waals surface area contributed by atoms with Crippen LogP contribution in [0.2, 0.25) is 0 Å². The number of carbonyl (C=O) groups is 1. The van der Waals surface area contributed by atoms with Crippen LogP contribution >= 0.6 is 0 Å². The highest BCUT2D eigenvalue weighted by Crippen LogP contribution is 2.36. The first-order chi connectivity index (χ1) is 12.1. The molecule has 25 heavy (non-hydrogen) atoms. The van der Waals surface area contributed by atoms with Crippen molar-refractivity contribution in [2.75, 3.05) is 62.0 Å². The topological polar surface area (TPSA) is 30.0 Å². The molecule has 0 bridgehead atoms. The van der Waals surface area contributed by atoms with Gasteiger partial charge in [-0.3, -0.25) is 4.79 Å². The van der Waals surface area contributed by atoms with E-state index in [2.05, 4.69) is 78.3 Å². The molecule has 3 rings (SSSR count). The standard InChI is InChI=1S/C20H26N4O/c1-21(2)19-10-9-18(24-13-11-23(16-25)12-14-24)15-20(19)22(3)17-7-5-4-6-8-17/h4-10,15-16H,11-14H2,1-3H3. The molecule has 0 radical (unpaired) electrons. The molecule has 1 heterocycles. The molecule has 0 atom stereocenters. The fourth-order valence-corrected chi connectivity index (χ4v) is 3.23. The third kappa shape index (κ3) is 3.71. The highest BCUT2D eigenvalue weighted by Gasteiger charge is 2.18. The summed E-state index contributed by atoms with van der Waals surface area (Å²) in [5.41, 5.74) is 4.72. The molecule has 0 aliphatic carbocycles. The zero-order valence-electron chi connectivity index (χ0n) is 15.2. The van der Waals surface area contributed by atoms with Crippen molar-refractivity contribution in [2.24, 2.45) is 0 Å². The van der Waals surface area contributed by atoms with Crippen molar-refractivity contribution >= 4 is 29.2 Å². The lowest BCUT2D eigenvalue weighted by molar-refractivity contribution is -0.118. The highest BCUT2D eigenvalue weighted by atomic mass is 16.1. The van der Waals surface area contributed by atoms with Gasteiger partial charge >= 0.3 is 0 Å². The number of carbonyl (C=O) groups excluding carboxylic acids is 1. The van der Waals surface area contributed by atoms with Crippen molar-refractivity contribution in [3.63, 3.8) is 0 Å². The van der Waals surface area contributed by atoms with Crippen molar-refractivity contribution in [3.8, 4) is 0 Å². The van der Waals surface area contributed by atoms with E-state index in [4.69, 9.17) is 0 Å². The van der Waals surface area contributed by atoms with E-state index in [-0.39, 0.29) is 0 Å². The Morgan fingerprint density at radius 2 is 1.56 bits per heavy atom. The minimum absolute atomic E-state index is 0.781. The van der Waals surface area contributed by atoms with Gasteiger partial charge < -0.3 is 19.6 Å². The Morgan fingerprint density at radius 1 is 0.880 bits per heavy atom. The molecule has 0 spiro atoms. The van der Waals surface area contributed by atoms with Crippen LogP contribution in [0.25, 0.3) is 0 Å². The Morgan fingerprint density at radius 3 is 2.16 bits per heavy atom. The molecule has 0 aromatic heterocycles. The van der Waals surface area contributed by atoms with E-state index in [1.54, 1.807) is 0 Å². The summed E-state index contributed by atoms with van der Waals surface area (Å²) in [5, 5.41) is 0. The molecule has 0 N–H and O–H groups in total. The molecule has 0 unspecified atom stereocenters. The second-order valence-electron chi connectivity index (χ2n) is 6.59. The maximum Gasteiger partial charge on any atom is 0.209 e. The van der Waals surface area contributed by atoms with Crippen LogP contribution in [-0.4, -0.2) is 58.6 Å². The smallest absolute Gasteiger partial charge is 0.209 e. The van der Waals surface area contributed by atoms with Gasteiger partial charge in [-0.1, -0.05) is 18.2 Å². The van der Waals surface area contributed by atoms with Crippen LogP contribution in [0, 0.1) is 0 Å².